The van der Waals surface area contributed by atoms with E-state index in [4.69, 9.17) is 9.47 Å². The van der Waals surface area contributed by atoms with Crippen molar-refractivity contribution < 1.29 is 14.3 Å². The number of thiazole rings is 1. The summed E-state index contributed by atoms with van der Waals surface area (Å²) in [5, 5.41) is 2.85. The number of hydrogen-bond acceptors (Lipinski definition) is 5. The summed E-state index contributed by atoms with van der Waals surface area (Å²) in [6, 6.07) is 0. The van der Waals surface area contributed by atoms with E-state index in [-0.39, 0.29) is 5.97 Å². The highest BCUT2D eigenvalue weighted by Gasteiger charge is 2.51. The average Bonchev–Trinajstić information content (AvgIpc) is 2.63. The van der Waals surface area contributed by atoms with E-state index >= 15 is 0 Å². The maximum Gasteiger partial charge on any atom is 0.323 e. The predicted molar refractivity (Wildman–Crippen MR) is 65.2 cm³/mol. The van der Waals surface area contributed by atoms with Crippen molar-refractivity contribution in [3.05, 3.63) is 16.1 Å². The van der Waals surface area contributed by atoms with Gasteiger partial charge in [0.05, 0.1) is 26.0 Å². The highest BCUT2D eigenvalue weighted by molar-refractivity contribution is 7.10. The van der Waals surface area contributed by atoms with Crippen molar-refractivity contribution in [2.45, 2.75) is 25.7 Å². The van der Waals surface area contributed by atoms with Gasteiger partial charge in [-0.15, -0.1) is 11.3 Å². The zero-order valence-corrected chi connectivity index (χ0v) is 11.2. The summed E-state index contributed by atoms with van der Waals surface area (Å²) >= 11 is 1.53. The highest BCUT2D eigenvalue weighted by atomic mass is 32.1. The maximum atomic E-state index is 11.8. The molecular weight excluding hydrogens is 238 g/mol. The summed E-state index contributed by atoms with van der Waals surface area (Å²) in [5.41, 5.74) is 0.407. The first-order valence-corrected chi connectivity index (χ1v) is 6.57. The number of esters is 1. The smallest absolute Gasteiger partial charge is 0.323 e. The van der Waals surface area contributed by atoms with E-state index in [0.717, 1.165) is 17.1 Å². The Morgan fingerprint density at radius 2 is 2.35 bits per heavy atom. The number of ether oxygens (including phenoxy) is 2. The Kier molecular flexibility index (Phi) is 3.49. The van der Waals surface area contributed by atoms with E-state index in [1.807, 2.05) is 5.38 Å². The monoisotopic (exact) mass is 255 g/mol. The van der Waals surface area contributed by atoms with Crippen LogP contribution in [-0.2, 0) is 26.1 Å². The molecule has 2 rings (SSSR count). The molecule has 1 fully saturated rings. The van der Waals surface area contributed by atoms with Gasteiger partial charge in [-0.05, 0) is 12.3 Å². The Bertz CT molecular complexity index is 410. The Hall–Kier alpha value is -0.940. The Morgan fingerprint density at radius 3 is 2.82 bits per heavy atom. The van der Waals surface area contributed by atoms with Gasteiger partial charge < -0.3 is 9.47 Å². The molecular formula is C12H17NO3S. The molecule has 0 radical (unpaired) electrons. The van der Waals surface area contributed by atoms with Crippen molar-refractivity contribution in [3.63, 3.8) is 0 Å². The third-order valence-electron chi connectivity index (χ3n) is 2.85. The molecule has 1 aliphatic heterocycles. The number of carbonyl (C=O) groups excluding carboxylic acids is 1. The first-order valence-electron chi connectivity index (χ1n) is 5.69. The normalized spacial score (nSPS) is 17.9. The molecule has 0 saturated carbocycles. The number of methoxy groups -OCH3 is 1. The van der Waals surface area contributed by atoms with Crippen molar-refractivity contribution in [2.75, 3.05) is 20.3 Å². The SMILES string of the molecule is COC(=O)C1(c2nc(CC(C)C)cs2)COC1. The fraction of sp³-hybridized carbons (Fsp3) is 0.667. The lowest BCUT2D eigenvalue weighted by Gasteiger charge is -2.36. The van der Waals surface area contributed by atoms with Gasteiger partial charge in [0, 0.05) is 5.38 Å². The number of nitrogens with zero attached hydrogens (tertiary/aromatic N) is 1. The van der Waals surface area contributed by atoms with Gasteiger partial charge in [0.2, 0.25) is 0 Å². The summed E-state index contributed by atoms with van der Waals surface area (Å²) in [7, 11) is 1.41. The van der Waals surface area contributed by atoms with Crippen LogP contribution in [0, 0.1) is 5.92 Å². The van der Waals surface area contributed by atoms with E-state index in [2.05, 4.69) is 18.8 Å². The Balaban J connectivity index is 2.20. The second-order valence-electron chi connectivity index (χ2n) is 4.81. The zero-order chi connectivity index (χ0) is 12.5. The molecule has 0 N–H and O–H groups in total. The second kappa shape index (κ2) is 4.74. The van der Waals surface area contributed by atoms with Crippen molar-refractivity contribution in [3.8, 4) is 0 Å². The van der Waals surface area contributed by atoms with Crippen molar-refractivity contribution >= 4 is 17.3 Å². The molecule has 0 unspecified atom stereocenters. The van der Waals surface area contributed by atoms with Crippen LogP contribution in [0.15, 0.2) is 5.38 Å². The van der Waals surface area contributed by atoms with Crippen LogP contribution in [0.3, 0.4) is 0 Å². The van der Waals surface area contributed by atoms with Crippen molar-refractivity contribution in [1.29, 1.82) is 0 Å². The molecule has 1 aromatic heterocycles. The maximum absolute atomic E-state index is 11.8. The van der Waals surface area contributed by atoms with E-state index < -0.39 is 5.41 Å². The van der Waals surface area contributed by atoms with Crippen LogP contribution >= 0.6 is 11.3 Å². The first-order chi connectivity index (χ1) is 8.08. The fourth-order valence-electron chi connectivity index (χ4n) is 1.87. The molecule has 0 aromatic carbocycles. The van der Waals surface area contributed by atoms with Gasteiger partial charge in [0.15, 0.2) is 5.41 Å². The van der Waals surface area contributed by atoms with Gasteiger partial charge >= 0.3 is 5.97 Å². The lowest BCUT2D eigenvalue weighted by molar-refractivity contribution is -0.166. The third-order valence-corrected chi connectivity index (χ3v) is 3.95. The number of rotatable bonds is 4. The molecule has 1 aromatic rings. The molecule has 4 nitrogen and oxygen atoms in total. The van der Waals surface area contributed by atoms with Gasteiger partial charge in [-0.25, -0.2) is 4.98 Å². The van der Waals surface area contributed by atoms with Gasteiger partial charge in [-0.2, -0.15) is 0 Å². The molecule has 0 spiro atoms. The number of aromatic nitrogens is 1. The molecule has 0 bridgehead atoms. The molecule has 94 valence electrons. The largest absolute Gasteiger partial charge is 0.468 e. The summed E-state index contributed by atoms with van der Waals surface area (Å²) in [6.45, 7) is 5.08. The minimum Gasteiger partial charge on any atom is -0.468 e. The quantitative estimate of drug-likeness (QED) is 0.770. The summed E-state index contributed by atoms with van der Waals surface area (Å²) < 4.78 is 10.0. The highest BCUT2D eigenvalue weighted by Crippen LogP contribution is 2.35. The number of hydrogen-bond donors (Lipinski definition) is 0. The van der Waals surface area contributed by atoms with Gasteiger partial charge in [0.1, 0.15) is 5.01 Å². The van der Waals surface area contributed by atoms with Gasteiger partial charge in [-0.1, -0.05) is 13.8 Å². The van der Waals surface area contributed by atoms with Crippen LogP contribution in [0.25, 0.3) is 0 Å². The van der Waals surface area contributed by atoms with Crippen LogP contribution in [0.2, 0.25) is 0 Å². The lowest BCUT2D eigenvalue weighted by atomic mass is 9.87. The van der Waals surface area contributed by atoms with E-state index in [0.29, 0.717) is 19.1 Å². The fourth-order valence-corrected chi connectivity index (χ4v) is 2.86. The van der Waals surface area contributed by atoms with Crippen molar-refractivity contribution in [1.82, 2.24) is 4.98 Å². The molecule has 1 aliphatic rings. The van der Waals surface area contributed by atoms with Crippen LogP contribution in [0.5, 0.6) is 0 Å². The summed E-state index contributed by atoms with van der Waals surface area (Å²) in [6.07, 6.45) is 0.939. The molecule has 0 aliphatic carbocycles. The predicted octanol–water partition coefficient (Wildman–Crippen LogP) is 1.78. The standard InChI is InChI=1S/C12H17NO3S/c1-8(2)4-9-5-17-10(13-9)12(6-16-7-12)11(14)15-3/h5,8H,4,6-7H2,1-3H3. The van der Waals surface area contributed by atoms with Gasteiger partial charge in [0.25, 0.3) is 0 Å². The van der Waals surface area contributed by atoms with E-state index in [1.54, 1.807) is 0 Å². The summed E-state index contributed by atoms with van der Waals surface area (Å²) in [5.74, 6) is 0.325. The molecule has 0 atom stereocenters. The van der Waals surface area contributed by atoms with Crippen LogP contribution in [0.1, 0.15) is 24.5 Å². The average molecular weight is 255 g/mol. The zero-order valence-electron chi connectivity index (χ0n) is 10.4. The van der Waals surface area contributed by atoms with Crippen LogP contribution in [0.4, 0.5) is 0 Å². The minimum atomic E-state index is -0.644. The summed E-state index contributed by atoms with van der Waals surface area (Å²) in [4.78, 5) is 16.4. The van der Waals surface area contributed by atoms with E-state index in [1.165, 1.54) is 18.4 Å². The molecule has 0 amide bonds. The van der Waals surface area contributed by atoms with E-state index in [9.17, 15) is 4.79 Å². The topological polar surface area (TPSA) is 48.4 Å². The van der Waals surface area contributed by atoms with Crippen molar-refractivity contribution in [2.24, 2.45) is 5.92 Å². The number of carbonyl (C=O) groups is 1. The molecule has 17 heavy (non-hydrogen) atoms. The third kappa shape index (κ3) is 2.21. The van der Waals surface area contributed by atoms with Crippen LogP contribution < -0.4 is 0 Å². The molecule has 5 heteroatoms. The Morgan fingerprint density at radius 1 is 1.65 bits per heavy atom. The van der Waals surface area contributed by atoms with Crippen LogP contribution in [-0.4, -0.2) is 31.3 Å². The Labute approximate surface area is 105 Å². The minimum absolute atomic E-state index is 0.241. The lowest BCUT2D eigenvalue weighted by Crippen LogP contribution is -2.53. The first kappa shape index (κ1) is 12.5. The van der Waals surface area contributed by atoms with Gasteiger partial charge in [-0.3, -0.25) is 4.79 Å². The molecule has 1 saturated heterocycles. The molecule has 2 heterocycles. The second-order valence-corrected chi connectivity index (χ2v) is 5.67.